The highest BCUT2D eigenvalue weighted by Gasteiger charge is 2.23. The van der Waals surface area contributed by atoms with Crippen LogP contribution in [-0.2, 0) is 29.6 Å². The van der Waals surface area contributed by atoms with Crippen molar-refractivity contribution in [1.29, 1.82) is 0 Å². The Morgan fingerprint density at radius 2 is 1.53 bits per heavy atom. The smallest absolute Gasteiger partial charge is 0.242 e. The quantitative estimate of drug-likeness (QED) is 0.591. The van der Waals surface area contributed by atoms with Crippen LogP contribution in [-0.4, -0.2) is 45.8 Å². The zero-order chi connectivity index (χ0) is 22.3. The van der Waals surface area contributed by atoms with Gasteiger partial charge in [-0.1, -0.05) is 39.8 Å². The lowest BCUT2D eigenvalue weighted by Crippen LogP contribution is -2.45. The predicted molar refractivity (Wildman–Crippen MR) is 117 cm³/mol. The third-order valence-corrected chi connectivity index (χ3v) is 4.88. The molecule has 0 bridgehead atoms. The first kappa shape index (κ1) is 23.6. The molecule has 1 heterocycles. The van der Waals surface area contributed by atoms with E-state index < -0.39 is 0 Å². The molecule has 2 amide bonds. The number of carbonyl (C=O) groups is 2. The van der Waals surface area contributed by atoms with E-state index in [1.807, 2.05) is 48.7 Å². The van der Waals surface area contributed by atoms with E-state index in [1.54, 1.807) is 17.0 Å². The normalized spacial score (nSPS) is 11.2. The summed E-state index contributed by atoms with van der Waals surface area (Å²) in [4.78, 5) is 29.6. The van der Waals surface area contributed by atoms with Crippen LogP contribution in [0.5, 0.6) is 0 Å². The van der Waals surface area contributed by atoms with Crippen LogP contribution in [0.1, 0.15) is 39.0 Å². The molecule has 2 aromatic rings. The number of hydrogen-bond donors (Lipinski definition) is 0. The van der Waals surface area contributed by atoms with Gasteiger partial charge in [0.05, 0.1) is 19.5 Å². The van der Waals surface area contributed by atoms with Crippen LogP contribution in [0, 0.1) is 17.7 Å². The molecule has 2 rings (SSSR count). The third kappa shape index (κ3) is 7.32. The fourth-order valence-corrected chi connectivity index (χ4v) is 3.40. The first-order chi connectivity index (χ1) is 14.2. The largest absolute Gasteiger partial charge is 0.353 e. The van der Waals surface area contributed by atoms with Gasteiger partial charge in [0.15, 0.2) is 0 Å². The van der Waals surface area contributed by atoms with Crippen molar-refractivity contribution >= 4 is 11.8 Å². The van der Waals surface area contributed by atoms with Crippen molar-refractivity contribution in [2.75, 3.05) is 19.6 Å². The average molecular weight is 416 g/mol. The minimum absolute atomic E-state index is 0.0509. The SMILES string of the molecule is CC(C)CN(CC(=O)N(Cc1cccn1C)CC(C)C)C(=O)Cc1ccc(F)cc1. The number of hydrogen-bond acceptors (Lipinski definition) is 2. The molecule has 1 aromatic heterocycles. The summed E-state index contributed by atoms with van der Waals surface area (Å²) in [5.74, 6) is 0.0551. The number of aromatic nitrogens is 1. The number of amides is 2. The van der Waals surface area contributed by atoms with Crippen LogP contribution >= 0.6 is 0 Å². The molecular weight excluding hydrogens is 381 g/mol. The Bertz CT molecular complexity index is 827. The molecule has 0 aliphatic carbocycles. The van der Waals surface area contributed by atoms with Crippen molar-refractivity contribution in [3.8, 4) is 0 Å². The highest BCUT2D eigenvalue weighted by atomic mass is 19.1. The molecular formula is C24H34FN3O2. The molecule has 0 unspecified atom stereocenters. The second-order valence-electron chi connectivity index (χ2n) is 8.75. The van der Waals surface area contributed by atoms with Gasteiger partial charge in [-0.25, -0.2) is 4.39 Å². The highest BCUT2D eigenvalue weighted by Crippen LogP contribution is 2.12. The van der Waals surface area contributed by atoms with E-state index in [4.69, 9.17) is 0 Å². The van der Waals surface area contributed by atoms with Crippen molar-refractivity contribution in [3.63, 3.8) is 0 Å². The molecule has 0 aliphatic rings. The third-order valence-electron chi connectivity index (χ3n) is 4.88. The maximum absolute atomic E-state index is 13.2. The summed E-state index contributed by atoms with van der Waals surface area (Å²) in [6, 6.07) is 9.90. The number of halogens is 1. The summed E-state index contributed by atoms with van der Waals surface area (Å²) < 4.78 is 15.2. The van der Waals surface area contributed by atoms with Crippen molar-refractivity contribution in [2.45, 2.75) is 40.7 Å². The van der Waals surface area contributed by atoms with E-state index in [9.17, 15) is 14.0 Å². The van der Waals surface area contributed by atoms with Gasteiger partial charge in [-0.05, 0) is 41.7 Å². The van der Waals surface area contributed by atoms with Gasteiger partial charge in [0, 0.05) is 32.0 Å². The minimum Gasteiger partial charge on any atom is -0.353 e. The summed E-state index contributed by atoms with van der Waals surface area (Å²) in [7, 11) is 1.96. The molecule has 0 spiro atoms. The van der Waals surface area contributed by atoms with Crippen LogP contribution in [0.25, 0.3) is 0 Å². The second-order valence-corrected chi connectivity index (χ2v) is 8.75. The van der Waals surface area contributed by atoms with Crippen LogP contribution in [0.2, 0.25) is 0 Å². The number of rotatable bonds is 10. The van der Waals surface area contributed by atoms with Crippen molar-refractivity contribution in [2.24, 2.45) is 18.9 Å². The lowest BCUT2D eigenvalue weighted by Gasteiger charge is -2.30. The fourth-order valence-electron chi connectivity index (χ4n) is 3.40. The summed E-state index contributed by atoms with van der Waals surface area (Å²) in [6.45, 7) is 9.92. The van der Waals surface area contributed by atoms with E-state index in [1.165, 1.54) is 12.1 Å². The molecule has 0 fully saturated rings. The molecule has 0 aliphatic heterocycles. The number of benzene rings is 1. The average Bonchev–Trinajstić information content (AvgIpc) is 3.06. The minimum atomic E-state index is -0.328. The Balaban J connectivity index is 2.12. The number of carbonyl (C=O) groups excluding carboxylic acids is 2. The molecule has 5 nitrogen and oxygen atoms in total. The van der Waals surface area contributed by atoms with E-state index in [-0.39, 0.29) is 36.5 Å². The number of aryl methyl sites for hydroxylation is 1. The summed E-state index contributed by atoms with van der Waals surface area (Å²) in [6.07, 6.45) is 2.12. The standard InChI is InChI=1S/C24H34FN3O2/c1-18(2)14-27(16-22-7-6-12-26(22)5)24(30)17-28(15-19(3)4)23(29)13-20-8-10-21(25)11-9-20/h6-12,18-19H,13-17H2,1-5H3. The maximum atomic E-state index is 13.2. The maximum Gasteiger partial charge on any atom is 0.242 e. The first-order valence-electron chi connectivity index (χ1n) is 10.6. The predicted octanol–water partition coefficient (Wildman–Crippen LogP) is 3.88. The molecule has 0 N–H and O–H groups in total. The Morgan fingerprint density at radius 1 is 0.933 bits per heavy atom. The summed E-state index contributed by atoms with van der Waals surface area (Å²) in [5.41, 5.74) is 1.79. The molecule has 164 valence electrons. The fraction of sp³-hybridized carbons (Fsp3) is 0.500. The van der Waals surface area contributed by atoms with Gasteiger partial charge >= 0.3 is 0 Å². The molecule has 0 radical (unpaired) electrons. The topological polar surface area (TPSA) is 45.6 Å². The van der Waals surface area contributed by atoms with Crippen molar-refractivity contribution in [1.82, 2.24) is 14.4 Å². The van der Waals surface area contributed by atoms with E-state index in [0.717, 1.165) is 11.3 Å². The van der Waals surface area contributed by atoms with E-state index in [2.05, 4.69) is 13.8 Å². The van der Waals surface area contributed by atoms with Gasteiger partial charge in [0.25, 0.3) is 0 Å². The lowest BCUT2D eigenvalue weighted by atomic mass is 10.1. The molecule has 0 saturated carbocycles. The van der Waals surface area contributed by atoms with Crippen LogP contribution in [0.3, 0.4) is 0 Å². The van der Waals surface area contributed by atoms with Gasteiger partial charge in [-0.3, -0.25) is 9.59 Å². The zero-order valence-electron chi connectivity index (χ0n) is 18.8. The van der Waals surface area contributed by atoms with Gasteiger partial charge in [-0.2, -0.15) is 0 Å². The Labute approximate surface area is 179 Å². The molecule has 0 saturated heterocycles. The van der Waals surface area contributed by atoms with Crippen LogP contribution in [0.15, 0.2) is 42.6 Å². The summed E-state index contributed by atoms with van der Waals surface area (Å²) >= 11 is 0. The lowest BCUT2D eigenvalue weighted by molar-refractivity contribution is -0.141. The Kier molecular flexibility index (Phi) is 8.63. The van der Waals surface area contributed by atoms with Gasteiger partial charge in [0.1, 0.15) is 5.82 Å². The Morgan fingerprint density at radius 3 is 2.07 bits per heavy atom. The van der Waals surface area contributed by atoms with Crippen molar-refractivity contribution in [3.05, 3.63) is 59.7 Å². The first-order valence-corrected chi connectivity index (χ1v) is 10.6. The monoisotopic (exact) mass is 415 g/mol. The molecule has 6 heteroatoms. The van der Waals surface area contributed by atoms with Crippen LogP contribution < -0.4 is 0 Å². The van der Waals surface area contributed by atoms with E-state index in [0.29, 0.717) is 25.6 Å². The van der Waals surface area contributed by atoms with Crippen molar-refractivity contribution < 1.29 is 14.0 Å². The van der Waals surface area contributed by atoms with Crippen LogP contribution in [0.4, 0.5) is 4.39 Å². The van der Waals surface area contributed by atoms with Gasteiger partial charge in [0.2, 0.25) is 11.8 Å². The molecule has 1 aromatic carbocycles. The molecule has 30 heavy (non-hydrogen) atoms. The number of nitrogens with zero attached hydrogens (tertiary/aromatic N) is 3. The highest BCUT2D eigenvalue weighted by molar-refractivity contribution is 5.86. The van der Waals surface area contributed by atoms with Gasteiger partial charge < -0.3 is 14.4 Å². The summed E-state index contributed by atoms with van der Waals surface area (Å²) in [5, 5.41) is 0. The Hall–Kier alpha value is -2.63. The van der Waals surface area contributed by atoms with Gasteiger partial charge in [-0.15, -0.1) is 0 Å². The second kappa shape index (κ2) is 11.0. The van der Waals surface area contributed by atoms with E-state index >= 15 is 0 Å². The molecule has 0 atom stereocenters. The zero-order valence-corrected chi connectivity index (χ0v) is 18.8.